The molecule has 3 N–H and O–H groups in total. The van der Waals surface area contributed by atoms with Crippen molar-refractivity contribution in [2.24, 2.45) is 11.1 Å². The number of halogens is 1. The molecule has 2 aromatic carbocycles. The van der Waals surface area contributed by atoms with Gasteiger partial charge in [-0.1, -0.05) is 53.5 Å². The van der Waals surface area contributed by atoms with E-state index >= 15 is 0 Å². The number of hydrogen-bond acceptors (Lipinski definition) is 5. The number of hydrogen-bond donors (Lipinski definition) is 2. The summed E-state index contributed by atoms with van der Waals surface area (Å²) in [5.74, 6) is -0.375. The Kier molecular flexibility index (Phi) is 4.60. The van der Waals surface area contributed by atoms with Gasteiger partial charge in [0.15, 0.2) is 5.78 Å². The first kappa shape index (κ1) is 21.5. The third kappa shape index (κ3) is 2.90. The standard InChI is InChI=1S/C26H23BrN4O2/c1-14-4-7-16(8-5-14)31-20-11-25(2,3)12-21(32)22(20)26(18(13-28)23(31)29)17-9-6-15(27)10-19(17)30-24(26)33/h4-10H,11-12,29H2,1-3H3,(H,30,33). The van der Waals surface area contributed by atoms with Crippen LogP contribution in [0.3, 0.4) is 0 Å². The van der Waals surface area contributed by atoms with Gasteiger partial charge in [-0.3, -0.25) is 14.5 Å². The molecule has 6 nitrogen and oxygen atoms in total. The number of allylic oxidation sites excluding steroid dienone is 1. The molecule has 0 saturated carbocycles. The number of fused-ring (bicyclic) bond motifs is 3. The lowest BCUT2D eigenvalue weighted by Crippen LogP contribution is -2.52. The number of amides is 1. The minimum Gasteiger partial charge on any atom is -0.384 e. The summed E-state index contributed by atoms with van der Waals surface area (Å²) in [5, 5.41) is 13.2. The van der Waals surface area contributed by atoms with Crippen molar-refractivity contribution in [3.05, 3.63) is 80.7 Å². The number of carbonyl (C=O) groups excluding carboxylic acids is 2. The first-order valence-electron chi connectivity index (χ1n) is 10.8. The number of Topliss-reactive ketones (excluding diaryl/α,β-unsaturated/α-hetero) is 1. The van der Waals surface area contributed by atoms with E-state index in [-0.39, 0.29) is 29.0 Å². The Hall–Kier alpha value is -3.37. The minimum atomic E-state index is -1.56. The molecule has 2 aliphatic heterocycles. The number of nitriles is 1. The van der Waals surface area contributed by atoms with Gasteiger partial charge in [0.25, 0.3) is 0 Å². The molecule has 0 radical (unpaired) electrons. The lowest BCUT2D eigenvalue weighted by atomic mass is 9.61. The molecule has 2 aromatic rings. The van der Waals surface area contributed by atoms with Crippen LogP contribution in [-0.4, -0.2) is 11.7 Å². The number of ketones is 1. The molecule has 0 fully saturated rings. The minimum absolute atomic E-state index is 0.0773. The van der Waals surface area contributed by atoms with E-state index < -0.39 is 11.3 Å². The van der Waals surface area contributed by atoms with Gasteiger partial charge in [0.05, 0.1) is 5.57 Å². The van der Waals surface area contributed by atoms with Crippen LogP contribution in [-0.2, 0) is 15.0 Å². The molecular weight excluding hydrogens is 480 g/mol. The van der Waals surface area contributed by atoms with Crippen molar-refractivity contribution in [3.8, 4) is 6.07 Å². The van der Waals surface area contributed by atoms with E-state index in [1.807, 2.05) is 51.1 Å². The summed E-state index contributed by atoms with van der Waals surface area (Å²) in [5.41, 5.74) is 8.93. The van der Waals surface area contributed by atoms with Gasteiger partial charge in [-0.05, 0) is 43.0 Å². The van der Waals surface area contributed by atoms with Crippen molar-refractivity contribution >= 4 is 39.0 Å². The Labute approximate surface area is 200 Å². The Bertz CT molecular complexity index is 1350. The molecule has 3 aliphatic rings. The molecule has 166 valence electrons. The average Bonchev–Trinajstić information content (AvgIpc) is 3.00. The highest BCUT2D eigenvalue weighted by atomic mass is 79.9. The maximum absolute atomic E-state index is 13.8. The number of nitrogens with zero attached hydrogens (tertiary/aromatic N) is 2. The fourth-order valence-electron chi connectivity index (χ4n) is 5.39. The molecule has 33 heavy (non-hydrogen) atoms. The third-order valence-corrected chi connectivity index (χ3v) is 7.24. The summed E-state index contributed by atoms with van der Waals surface area (Å²) in [6.45, 7) is 6.06. The van der Waals surface area contributed by atoms with Gasteiger partial charge in [0.1, 0.15) is 17.3 Å². The Morgan fingerprint density at radius 3 is 2.48 bits per heavy atom. The van der Waals surface area contributed by atoms with Crippen molar-refractivity contribution in [2.75, 3.05) is 10.2 Å². The molecule has 0 saturated heterocycles. The number of anilines is 2. The van der Waals surface area contributed by atoms with Gasteiger partial charge >= 0.3 is 0 Å². The number of rotatable bonds is 1. The van der Waals surface area contributed by atoms with Gasteiger partial charge < -0.3 is 11.1 Å². The molecule has 1 spiro atoms. The van der Waals surface area contributed by atoms with Gasteiger partial charge in [0, 0.05) is 39.1 Å². The number of nitrogens with two attached hydrogens (primary N) is 1. The molecular formula is C26H23BrN4O2. The summed E-state index contributed by atoms with van der Waals surface area (Å²) >= 11 is 3.44. The van der Waals surface area contributed by atoms with Crippen LogP contribution < -0.4 is 16.0 Å². The van der Waals surface area contributed by atoms with E-state index in [4.69, 9.17) is 5.73 Å². The summed E-state index contributed by atoms with van der Waals surface area (Å²) in [6, 6.07) is 15.4. The lowest BCUT2D eigenvalue weighted by molar-refractivity contribution is -0.123. The zero-order valence-electron chi connectivity index (χ0n) is 18.6. The third-order valence-electron chi connectivity index (χ3n) is 6.75. The molecule has 1 amide bonds. The zero-order valence-corrected chi connectivity index (χ0v) is 20.2. The first-order valence-corrected chi connectivity index (χ1v) is 11.5. The van der Waals surface area contributed by atoms with Crippen molar-refractivity contribution in [1.29, 1.82) is 5.26 Å². The van der Waals surface area contributed by atoms with Crippen LogP contribution in [0.5, 0.6) is 0 Å². The SMILES string of the molecule is Cc1ccc(N2C(N)=C(C#N)C3(C(=O)Nc4cc(Br)ccc43)C3=C2CC(C)(C)CC3=O)cc1. The molecule has 1 unspecified atom stereocenters. The number of nitrogens with one attached hydrogen (secondary N) is 1. The molecule has 5 rings (SSSR count). The van der Waals surface area contributed by atoms with Crippen molar-refractivity contribution < 1.29 is 9.59 Å². The van der Waals surface area contributed by atoms with Gasteiger partial charge in [-0.25, -0.2) is 0 Å². The van der Waals surface area contributed by atoms with E-state index in [2.05, 4.69) is 27.3 Å². The average molecular weight is 503 g/mol. The predicted octanol–water partition coefficient (Wildman–Crippen LogP) is 4.80. The highest BCUT2D eigenvalue weighted by molar-refractivity contribution is 9.10. The number of aryl methyl sites for hydroxylation is 1. The maximum atomic E-state index is 13.8. The van der Waals surface area contributed by atoms with Gasteiger partial charge in [0.2, 0.25) is 5.91 Å². The Morgan fingerprint density at radius 2 is 1.82 bits per heavy atom. The molecule has 0 bridgehead atoms. The van der Waals surface area contributed by atoms with Crippen LogP contribution in [0, 0.1) is 23.7 Å². The highest BCUT2D eigenvalue weighted by Crippen LogP contribution is 2.57. The first-order chi connectivity index (χ1) is 15.6. The smallest absolute Gasteiger partial charge is 0.245 e. The molecule has 1 aliphatic carbocycles. The van der Waals surface area contributed by atoms with Crippen molar-refractivity contribution in [3.63, 3.8) is 0 Å². The normalized spacial score (nSPS) is 23.4. The zero-order chi connectivity index (χ0) is 23.7. The molecule has 0 aromatic heterocycles. The molecule has 7 heteroatoms. The van der Waals surface area contributed by atoms with E-state index in [1.165, 1.54) is 0 Å². The maximum Gasteiger partial charge on any atom is 0.245 e. The lowest BCUT2D eigenvalue weighted by Gasteiger charge is -2.46. The second-order valence-electron chi connectivity index (χ2n) is 9.70. The quantitative estimate of drug-likeness (QED) is 0.582. The summed E-state index contributed by atoms with van der Waals surface area (Å²) in [4.78, 5) is 29.3. The van der Waals surface area contributed by atoms with Crippen LogP contribution in [0.1, 0.15) is 37.8 Å². The van der Waals surface area contributed by atoms with E-state index in [0.717, 1.165) is 15.7 Å². The topological polar surface area (TPSA) is 99.2 Å². The monoisotopic (exact) mass is 502 g/mol. The van der Waals surface area contributed by atoms with Crippen molar-refractivity contribution in [1.82, 2.24) is 0 Å². The Balaban J connectivity index is 1.89. The number of carbonyl (C=O) groups is 2. The Morgan fingerprint density at radius 1 is 1.12 bits per heavy atom. The van der Waals surface area contributed by atoms with E-state index in [0.29, 0.717) is 28.9 Å². The second-order valence-corrected chi connectivity index (χ2v) is 10.6. The highest BCUT2D eigenvalue weighted by Gasteiger charge is 2.61. The summed E-state index contributed by atoms with van der Waals surface area (Å²) < 4.78 is 0.788. The summed E-state index contributed by atoms with van der Waals surface area (Å²) in [7, 11) is 0. The molecule has 1 atom stereocenters. The van der Waals surface area contributed by atoms with E-state index in [1.54, 1.807) is 17.0 Å². The van der Waals surface area contributed by atoms with Crippen molar-refractivity contribution in [2.45, 2.75) is 39.0 Å². The largest absolute Gasteiger partial charge is 0.384 e. The van der Waals surface area contributed by atoms with Gasteiger partial charge in [-0.2, -0.15) is 5.26 Å². The van der Waals surface area contributed by atoms with Crippen LogP contribution in [0.15, 0.2) is 69.6 Å². The van der Waals surface area contributed by atoms with Crippen LogP contribution in [0.2, 0.25) is 0 Å². The van der Waals surface area contributed by atoms with Gasteiger partial charge in [-0.15, -0.1) is 0 Å². The van der Waals surface area contributed by atoms with Crippen LogP contribution in [0.4, 0.5) is 11.4 Å². The fourth-order valence-corrected chi connectivity index (χ4v) is 5.75. The summed E-state index contributed by atoms with van der Waals surface area (Å²) in [6.07, 6.45) is 0.829. The fraction of sp³-hybridized carbons (Fsp3) is 0.269. The number of benzene rings is 2. The van der Waals surface area contributed by atoms with Crippen LogP contribution in [0.25, 0.3) is 0 Å². The van der Waals surface area contributed by atoms with Crippen LogP contribution >= 0.6 is 15.9 Å². The van der Waals surface area contributed by atoms with E-state index in [9.17, 15) is 14.9 Å². The second kappa shape index (κ2) is 7.06. The predicted molar refractivity (Wildman–Crippen MR) is 130 cm³/mol. The molecule has 2 heterocycles.